The molecule has 4 heterocycles. The van der Waals surface area contributed by atoms with E-state index in [0.717, 1.165) is 83.4 Å². The van der Waals surface area contributed by atoms with Gasteiger partial charge in [-0.15, -0.1) is 5.10 Å². The molecule has 0 amide bonds. The van der Waals surface area contributed by atoms with Crippen LogP contribution in [0.25, 0.3) is 105 Å². The van der Waals surface area contributed by atoms with Crippen LogP contribution in [0.4, 0.5) is 0 Å². The van der Waals surface area contributed by atoms with Crippen LogP contribution in [0.5, 0.6) is 0 Å². The van der Waals surface area contributed by atoms with E-state index in [0.29, 0.717) is 5.82 Å². The van der Waals surface area contributed by atoms with Gasteiger partial charge < -0.3 is 13.6 Å². The van der Waals surface area contributed by atoms with Crippen LogP contribution in [0.2, 0.25) is 0 Å². The van der Waals surface area contributed by atoms with Gasteiger partial charge in [0, 0.05) is 49.5 Å². The molecule has 12 rings (SSSR count). The molecule has 0 fully saturated rings. The Morgan fingerprint density at radius 3 is 1.80 bits per heavy atom. The zero-order valence-electron chi connectivity index (χ0n) is 30.0. The maximum Gasteiger partial charge on any atom is 0.182 e. The number of fused-ring (bicyclic) bond motifs is 9. The fourth-order valence-electron chi connectivity index (χ4n) is 8.68. The SMILES string of the molecule is c1ccc(-c2nc(-c3cccc4c5ccccc5n(-c5ccccc5-n5c6ccccc6c6cc7c(cc65)oc5ccccc57)c34)n(-c3ccccc3)n2)cc1. The van der Waals surface area contributed by atoms with E-state index in [1.54, 1.807) is 0 Å². The Morgan fingerprint density at radius 2 is 1.02 bits per heavy atom. The Bertz CT molecular complexity index is 3480. The van der Waals surface area contributed by atoms with Crippen molar-refractivity contribution in [3.05, 3.63) is 188 Å². The lowest BCUT2D eigenvalue weighted by atomic mass is 10.1. The molecule has 56 heavy (non-hydrogen) atoms. The van der Waals surface area contributed by atoms with Crippen LogP contribution in [0.1, 0.15) is 0 Å². The Kier molecular flexibility index (Phi) is 6.53. The van der Waals surface area contributed by atoms with Gasteiger partial charge in [0.15, 0.2) is 11.6 Å². The highest BCUT2D eigenvalue weighted by Gasteiger charge is 2.24. The molecule has 8 aromatic carbocycles. The molecule has 262 valence electrons. The first kappa shape index (κ1) is 30.7. The molecule has 0 aliphatic heterocycles. The van der Waals surface area contributed by atoms with Crippen molar-refractivity contribution in [1.82, 2.24) is 23.9 Å². The number of aromatic nitrogens is 5. The van der Waals surface area contributed by atoms with E-state index in [2.05, 4.69) is 149 Å². The number of rotatable bonds is 5. The van der Waals surface area contributed by atoms with E-state index in [1.165, 1.54) is 16.2 Å². The highest BCUT2D eigenvalue weighted by atomic mass is 16.3. The van der Waals surface area contributed by atoms with Crippen LogP contribution in [0, 0.1) is 0 Å². The van der Waals surface area contributed by atoms with E-state index in [1.807, 2.05) is 53.2 Å². The highest BCUT2D eigenvalue weighted by Crippen LogP contribution is 2.43. The van der Waals surface area contributed by atoms with E-state index >= 15 is 0 Å². The molecule has 0 radical (unpaired) electrons. The summed E-state index contributed by atoms with van der Waals surface area (Å²) in [5.41, 5.74) is 11.1. The molecule has 0 N–H and O–H groups in total. The molecule has 0 aliphatic carbocycles. The van der Waals surface area contributed by atoms with Crippen molar-refractivity contribution in [3.8, 4) is 39.8 Å². The van der Waals surface area contributed by atoms with Crippen LogP contribution < -0.4 is 0 Å². The van der Waals surface area contributed by atoms with Crippen LogP contribution >= 0.6 is 0 Å². The maximum absolute atomic E-state index is 6.48. The molecule has 4 aromatic heterocycles. The molecule has 0 saturated heterocycles. The van der Waals surface area contributed by atoms with Crippen LogP contribution in [0.15, 0.2) is 192 Å². The van der Waals surface area contributed by atoms with Gasteiger partial charge >= 0.3 is 0 Å². The van der Waals surface area contributed by atoms with Crippen LogP contribution in [-0.4, -0.2) is 23.9 Å². The number of furan rings is 1. The predicted molar refractivity (Wildman–Crippen MR) is 228 cm³/mol. The van der Waals surface area contributed by atoms with E-state index in [9.17, 15) is 0 Å². The van der Waals surface area contributed by atoms with Gasteiger partial charge in [0.25, 0.3) is 0 Å². The van der Waals surface area contributed by atoms with Gasteiger partial charge in [-0.05, 0) is 54.6 Å². The topological polar surface area (TPSA) is 53.7 Å². The minimum atomic E-state index is 0.673. The van der Waals surface area contributed by atoms with Crippen molar-refractivity contribution < 1.29 is 4.42 Å². The lowest BCUT2D eigenvalue weighted by molar-refractivity contribution is 0.669. The second-order valence-electron chi connectivity index (χ2n) is 14.2. The molecule has 0 unspecified atom stereocenters. The van der Waals surface area contributed by atoms with Crippen molar-refractivity contribution in [3.63, 3.8) is 0 Å². The zero-order chi connectivity index (χ0) is 36.7. The summed E-state index contributed by atoms with van der Waals surface area (Å²) in [6, 6.07) is 65.9. The van der Waals surface area contributed by atoms with Crippen LogP contribution in [-0.2, 0) is 0 Å². The van der Waals surface area contributed by atoms with Gasteiger partial charge in [-0.1, -0.05) is 127 Å². The third kappa shape index (κ3) is 4.44. The quantitative estimate of drug-likeness (QED) is 0.178. The second-order valence-corrected chi connectivity index (χ2v) is 14.2. The average Bonchev–Trinajstić information content (AvgIpc) is 4.03. The summed E-state index contributed by atoms with van der Waals surface area (Å²) in [5.74, 6) is 1.44. The molecule has 12 aromatic rings. The third-order valence-electron chi connectivity index (χ3n) is 11.1. The number of benzene rings is 8. The summed E-state index contributed by atoms with van der Waals surface area (Å²) in [5, 5.41) is 12.1. The molecule has 0 aliphatic rings. The molecular weight excluding hydrogens is 687 g/mol. The van der Waals surface area contributed by atoms with E-state index in [4.69, 9.17) is 14.5 Å². The third-order valence-corrected chi connectivity index (χ3v) is 11.1. The molecule has 0 saturated carbocycles. The van der Waals surface area contributed by atoms with Gasteiger partial charge in [0.05, 0.1) is 39.1 Å². The second kappa shape index (κ2) is 11.9. The van der Waals surface area contributed by atoms with E-state index < -0.39 is 0 Å². The molecular formula is C50H31N5O. The van der Waals surface area contributed by atoms with Crippen molar-refractivity contribution in [2.45, 2.75) is 0 Å². The van der Waals surface area contributed by atoms with Crippen LogP contribution in [0.3, 0.4) is 0 Å². The summed E-state index contributed by atoms with van der Waals surface area (Å²) in [7, 11) is 0. The van der Waals surface area contributed by atoms with Crippen molar-refractivity contribution >= 4 is 65.6 Å². The smallest absolute Gasteiger partial charge is 0.182 e. The van der Waals surface area contributed by atoms with Gasteiger partial charge in [-0.2, -0.15) is 0 Å². The molecule has 0 atom stereocenters. The Morgan fingerprint density at radius 1 is 0.411 bits per heavy atom. The Hall–Kier alpha value is -7.70. The van der Waals surface area contributed by atoms with Crippen molar-refractivity contribution in [2.75, 3.05) is 0 Å². The Labute approximate surface area is 320 Å². The first-order valence-electron chi connectivity index (χ1n) is 18.8. The Balaban J connectivity index is 1.18. The minimum Gasteiger partial charge on any atom is -0.456 e. The summed E-state index contributed by atoms with van der Waals surface area (Å²) in [6.45, 7) is 0. The largest absolute Gasteiger partial charge is 0.456 e. The van der Waals surface area contributed by atoms with Gasteiger partial charge in [0.2, 0.25) is 0 Å². The van der Waals surface area contributed by atoms with Crippen molar-refractivity contribution in [1.29, 1.82) is 0 Å². The summed E-state index contributed by atoms with van der Waals surface area (Å²) >= 11 is 0. The monoisotopic (exact) mass is 717 g/mol. The minimum absolute atomic E-state index is 0.673. The number of para-hydroxylation sites is 7. The van der Waals surface area contributed by atoms with Gasteiger partial charge in [-0.3, -0.25) is 0 Å². The molecule has 6 heteroatoms. The molecule has 0 spiro atoms. The standard InChI is InChI=1S/C50H31N5O/c1-3-16-32(17-4-1)49-51-50(55(52-49)33-18-5-2-6-19-33)38-24-15-23-37-34-20-7-11-26-42(34)54(48(37)38)44-28-13-12-27-43(44)53-41-25-10-8-21-35(41)39-30-40-36-22-9-14-29-46(36)56-47(40)31-45(39)53/h1-31H. The summed E-state index contributed by atoms with van der Waals surface area (Å²) in [6.07, 6.45) is 0. The number of hydrogen-bond acceptors (Lipinski definition) is 3. The number of hydrogen-bond donors (Lipinski definition) is 0. The summed E-state index contributed by atoms with van der Waals surface area (Å²) in [4.78, 5) is 5.31. The first-order chi connectivity index (χ1) is 27.8. The number of nitrogens with zero attached hydrogens (tertiary/aromatic N) is 5. The first-order valence-corrected chi connectivity index (χ1v) is 18.8. The maximum atomic E-state index is 6.48. The molecule has 0 bridgehead atoms. The van der Waals surface area contributed by atoms with E-state index in [-0.39, 0.29) is 0 Å². The zero-order valence-corrected chi connectivity index (χ0v) is 30.0. The molecule has 6 nitrogen and oxygen atoms in total. The summed E-state index contributed by atoms with van der Waals surface area (Å²) < 4.78 is 13.3. The normalized spacial score (nSPS) is 11.9. The van der Waals surface area contributed by atoms with Crippen molar-refractivity contribution in [2.24, 2.45) is 0 Å². The lowest BCUT2D eigenvalue weighted by Crippen LogP contribution is -2.05. The van der Waals surface area contributed by atoms with Gasteiger partial charge in [0.1, 0.15) is 11.2 Å². The van der Waals surface area contributed by atoms with Gasteiger partial charge in [-0.25, -0.2) is 9.67 Å². The average molecular weight is 718 g/mol. The lowest BCUT2D eigenvalue weighted by Gasteiger charge is -2.18. The fourth-order valence-corrected chi connectivity index (χ4v) is 8.68. The fraction of sp³-hybridized carbons (Fsp3) is 0. The highest BCUT2D eigenvalue weighted by molar-refractivity contribution is 6.18. The predicted octanol–water partition coefficient (Wildman–Crippen LogP) is 12.7.